The topological polar surface area (TPSA) is 71.3 Å². The number of aliphatic hydroxyl groups is 1. The highest BCUT2D eigenvalue weighted by Crippen LogP contribution is 2.39. The van der Waals surface area contributed by atoms with Crippen molar-refractivity contribution in [2.45, 2.75) is 69.5 Å². The number of aromatic nitrogens is 1. The molecular formula is C15H24N2O3S. The summed E-state index contributed by atoms with van der Waals surface area (Å²) in [5.41, 5.74) is 0.690. The minimum atomic E-state index is -3.51. The Morgan fingerprint density at radius 2 is 2.10 bits per heavy atom. The minimum absolute atomic E-state index is 0.00589. The molecule has 0 aliphatic heterocycles. The van der Waals surface area contributed by atoms with E-state index >= 15 is 0 Å². The van der Waals surface area contributed by atoms with Crippen molar-refractivity contribution >= 4 is 10.0 Å². The number of hydrogen-bond donors (Lipinski definition) is 2. The molecule has 0 amide bonds. The summed E-state index contributed by atoms with van der Waals surface area (Å²) in [6, 6.07) is 1.95. The van der Waals surface area contributed by atoms with Gasteiger partial charge in [0.25, 0.3) is 0 Å². The van der Waals surface area contributed by atoms with E-state index in [1.165, 1.54) is 0 Å². The molecule has 0 spiro atoms. The van der Waals surface area contributed by atoms with Gasteiger partial charge in [-0.2, -0.15) is 0 Å². The molecule has 21 heavy (non-hydrogen) atoms. The summed E-state index contributed by atoms with van der Waals surface area (Å²) in [4.78, 5) is 0.279. The van der Waals surface area contributed by atoms with E-state index < -0.39 is 10.0 Å². The normalized spacial score (nSPS) is 25.4. The van der Waals surface area contributed by atoms with Crippen LogP contribution in [0, 0.1) is 5.41 Å². The molecule has 0 aromatic carbocycles. The summed E-state index contributed by atoms with van der Waals surface area (Å²) >= 11 is 0. The molecule has 6 heteroatoms. The molecule has 2 fully saturated rings. The van der Waals surface area contributed by atoms with Crippen molar-refractivity contribution in [1.82, 2.24) is 9.29 Å². The van der Waals surface area contributed by atoms with Crippen molar-refractivity contribution in [1.29, 1.82) is 0 Å². The zero-order valence-corrected chi connectivity index (χ0v) is 13.5. The zero-order chi connectivity index (χ0) is 15.3. The molecule has 1 atom stereocenters. The average molecular weight is 312 g/mol. The van der Waals surface area contributed by atoms with Gasteiger partial charge in [-0.3, -0.25) is 0 Å². The second-order valence-electron chi connectivity index (χ2n) is 7.02. The van der Waals surface area contributed by atoms with Crippen LogP contribution >= 0.6 is 0 Å². The van der Waals surface area contributed by atoms with Gasteiger partial charge < -0.3 is 9.67 Å². The molecule has 118 valence electrons. The van der Waals surface area contributed by atoms with Crippen LogP contribution in [0.15, 0.2) is 17.2 Å². The number of rotatable bonds is 5. The summed E-state index contributed by atoms with van der Waals surface area (Å²) < 4.78 is 30.0. The van der Waals surface area contributed by atoms with Gasteiger partial charge >= 0.3 is 0 Å². The zero-order valence-electron chi connectivity index (χ0n) is 12.7. The largest absolute Gasteiger partial charge is 0.390 e. The molecular weight excluding hydrogens is 288 g/mol. The minimum Gasteiger partial charge on any atom is -0.390 e. The van der Waals surface area contributed by atoms with E-state index in [-0.39, 0.29) is 23.0 Å². The Hall–Kier alpha value is -0.850. The first-order valence-corrected chi connectivity index (χ1v) is 9.16. The number of aliphatic hydroxyl groups excluding tert-OH is 1. The predicted octanol–water partition coefficient (Wildman–Crippen LogP) is 2.17. The van der Waals surface area contributed by atoms with Gasteiger partial charge in [-0.05, 0) is 37.2 Å². The van der Waals surface area contributed by atoms with Crippen LogP contribution in [0.25, 0.3) is 0 Å². The summed E-state index contributed by atoms with van der Waals surface area (Å²) in [7, 11) is -3.51. The van der Waals surface area contributed by atoms with E-state index in [9.17, 15) is 13.5 Å². The molecule has 1 heterocycles. The summed E-state index contributed by atoms with van der Waals surface area (Å²) in [5, 5.41) is 9.41. The maximum absolute atomic E-state index is 12.6. The lowest BCUT2D eigenvalue weighted by atomic mass is 9.88. The lowest BCUT2D eigenvalue weighted by Crippen LogP contribution is -2.41. The number of nitrogens with one attached hydrogen (secondary N) is 1. The maximum atomic E-state index is 12.6. The van der Waals surface area contributed by atoms with Gasteiger partial charge in [0.1, 0.15) is 0 Å². The molecule has 0 radical (unpaired) electrons. The van der Waals surface area contributed by atoms with Crippen molar-refractivity contribution in [3.8, 4) is 0 Å². The van der Waals surface area contributed by atoms with E-state index in [1.807, 2.05) is 4.57 Å². The first-order chi connectivity index (χ1) is 9.83. The lowest BCUT2D eigenvalue weighted by molar-refractivity contribution is 0.270. The van der Waals surface area contributed by atoms with Crippen LogP contribution in [0.1, 0.15) is 57.7 Å². The Morgan fingerprint density at radius 3 is 2.62 bits per heavy atom. The molecule has 1 aromatic rings. The average Bonchev–Trinajstić information content (AvgIpc) is 3.07. The molecule has 1 unspecified atom stereocenters. The Labute approximate surface area is 126 Å². The molecule has 2 aliphatic rings. The Bertz CT molecular complexity index is 629. The van der Waals surface area contributed by atoms with Crippen molar-refractivity contribution in [2.75, 3.05) is 0 Å². The van der Waals surface area contributed by atoms with Gasteiger partial charge in [0.05, 0.1) is 11.5 Å². The number of sulfonamides is 1. The van der Waals surface area contributed by atoms with E-state index in [0.29, 0.717) is 11.7 Å². The fourth-order valence-electron chi connectivity index (χ4n) is 3.26. The van der Waals surface area contributed by atoms with Crippen molar-refractivity contribution in [2.24, 2.45) is 5.41 Å². The SMILES string of the molecule is CC1(C)CCCC1NS(=O)(=O)c1cc(CO)n(C2CC2)c1. The van der Waals surface area contributed by atoms with Gasteiger partial charge in [-0.1, -0.05) is 20.3 Å². The highest BCUT2D eigenvalue weighted by Gasteiger charge is 2.38. The molecule has 0 bridgehead atoms. The third kappa shape index (κ3) is 2.89. The van der Waals surface area contributed by atoms with Gasteiger partial charge in [-0.15, -0.1) is 0 Å². The van der Waals surface area contributed by atoms with Crippen LogP contribution in [0.3, 0.4) is 0 Å². The number of hydrogen-bond acceptors (Lipinski definition) is 3. The first kappa shape index (κ1) is 15.1. The van der Waals surface area contributed by atoms with E-state index in [1.54, 1.807) is 12.3 Å². The second kappa shape index (κ2) is 5.11. The Balaban J connectivity index is 1.84. The van der Waals surface area contributed by atoms with Crippen LogP contribution in [0.4, 0.5) is 0 Å². The van der Waals surface area contributed by atoms with E-state index in [0.717, 1.165) is 32.1 Å². The van der Waals surface area contributed by atoms with Crippen LogP contribution in [0.2, 0.25) is 0 Å². The van der Waals surface area contributed by atoms with Gasteiger partial charge in [0.2, 0.25) is 10.0 Å². The third-order valence-corrected chi connectivity index (χ3v) is 6.31. The van der Waals surface area contributed by atoms with E-state index in [4.69, 9.17) is 0 Å². The van der Waals surface area contributed by atoms with Crippen molar-refractivity contribution in [3.63, 3.8) is 0 Å². The van der Waals surface area contributed by atoms with Gasteiger partial charge in [0, 0.05) is 24.0 Å². The fourth-order valence-corrected chi connectivity index (χ4v) is 4.75. The fraction of sp³-hybridized carbons (Fsp3) is 0.733. The summed E-state index contributed by atoms with van der Waals surface area (Å²) in [5.74, 6) is 0. The molecule has 3 rings (SSSR count). The molecule has 0 saturated heterocycles. The number of nitrogens with zero attached hydrogens (tertiary/aromatic N) is 1. The Morgan fingerprint density at radius 1 is 1.38 bits per heavy atom. The highest BCUT2D eigenvalue weighted by molar-refractivity contribution is 7.89. The van der Waals surface area contributed by atoms with E-state index in [2.05, 4.69) is 18.6 Å². The summed E-state index contributed by atoms with van der Waals surface area (Å²) in [6.07, 6.45) is 6.79. The summed E-state index contributed by atoms with van der Waals surface area (Å²) in [6.45, 7) is 4.10. The lowest BCUT2D eigenvalue weighted by Gasteiger charge is -2.27. The van der Waals surface area contributed by atoms with Crippen LogP contribution in [-0.2, 0) is 16.6 Å². The molecule has 2 N–H and O–H groups in total. The van der Waals surface area contributed by atoms with Crippen LogP contribution in [-0.4, -0.2) is 24.1 Å². The van der Waals surface area contributed by atoms with Gasteiger partial charge in [0.15, 0.2) is 0 Å². The van der Waals surface area contributed by atoms with Crippen molar-refractivity contribution in [3.05, 3.63) is 18.0 Å². The van der Waals surface area contributed by atoms with Crippen LogP contribution < -0.4 is 4.72 Å². The smallest absolute Gasteiger partial charge is 0.242 e. The predicted molar refractivity (Wildman–Crippen MR) is 80.4 cm³/mol. The molecule has 2 aliphatic carbocycles. The molecule has 2 saturated carbocycles. The quantitative estimate of drug-likeness (QED) is 0.875. The standard InChI is InChI=1S/C15H24N2O3S/c1-15(2)7-3-4-14(15)16-21(19,20)13-8-12(10-18)17(9-13)11-5-6-11/h8-9,11,14,16,18H,3-7,10H2,1-2H3. The maximum Gasteiger partial charge on any atom is 0.242 e. The van der Waals surface area contributed by atoms with Crippen LogP contribution in [0.5, 0.6) is 0 Å². The Kier molecular flexibility index (Phi) is 3.66. The highest BCUT2D eigenvalue weighted by atomic mass is 32.2. The second-order valence-corrected chi connectivity index (χ2v) is 8.73. The first-order valence-electron chi connectivity index (χ1n) is 7.67. The van der Waals surface area contributed by atoms with Gasteiger partial charge in [-0.25, -0.2) is 13.1 Å². The monoisotopic (exact) mass is 312 g/mol. The third-order valence-electron chi connectivity index (χ3n) is 4.87. The molecule has 5 nitrogen and oxygen atoms in total. The van der Waals surface area contributed by atoms with Crippen molar-refractivity contribution < 1.29 is 13.5 Å². The molecule has 1 aromatic heterocycles.